The highest BCUT2D eigenvalue weighted by Crippen LogP contribution is 2.35. The van der Waals surface area contributed by atoms with Crippen LogP contribution in [0.5, 0.6) is 5.75 Å². The topological polar surface area (TPSA) is 76.8 Å². The van der Waals surface area contributed by atoms with Crippen LogP contribution in [-0.4, -0.2) is 17.1 Å². The minimum absolute atomic E-state index is 0.0920. The number of amides is 2. The van der Waals surface area contributed by atoms with Gasteiger partial charge in [0, 0.05) is 0 Å². The minimum Gasteiger partial charge on any atom is -0.457 e. The molecule has 2 aromatic carbocycles. The maximum atomic E-state index is 12.7. The van der Waals surface area contributed by atoms with Crippen LogP contribution >= 0.6 is 11.8 Å². The highest BCUT2D eigenvalue weighted by atomic mass is 32.2. The number of para-hydroxylation sites is 1. The molecule has 3 aromatic rings. The first kappa shape index (κ1) is 17.8. The average Bonchev–Trinajstić information content (AvgIpc) is 3.32. The smallest absolute Gasteiger partial charge is 0.379 e. The largest absolute Gasteiger partial charge is 0.457 e. The molecule has 28 heavy (non-hydrogen) atoms. The summed E-state index contributed by atoms with van der Waals surface area (Å²) in [6, 6.07) is 18.5. The van der Waals surface area contributed by atoms with E-state index in [1.807, 2.05) is 6.07 Å². The van der Waals surface area contributed by atoms with Gasteiger partial charge in [0.1, 0.15) is 5.75 Å². The summed E-state index contributed by atoms with van der Waals surface area (Å²) in [6.45, 7) is 0. The number of rotatable bonds is 4. The molecule has 1 aliphatic rings. The van der Waals surface area contributed by atoms with Crippen molar-refractivity contribution in [3.63, 3.8) is 0 Å². The maximum absolute atomic E-state index is 12.7. The van der Waals surface area contributed by atoms with Crippen molar-refractivity contribution in [3.05, 3.63) is 89.2 Å². The molecule has 0 radical (unpaired) electrons. The first-order chi connectivity index (χ1) is 13.6. The van der Waals surface area contributed by atoms with Gasteiger partial charge < -0.3 is 9.15 Å². The lowest BCUT2D eigenvalue weighted by molar-refractivity contribution is -0.113. The Morgan fingerprint density at radius 2 is 1.82 bits per heavy atom. The van der Waals surface area contributed by atoms with Gasteiger partial charge in [-0.1, -0.05) is 30.3 Å². The molecule has 0 atom stereocenters. The fourth-order valence-electron chi connectivity index (χ4n) is 2.64. The molecule has 2 heterocycles. The van der Waals surface area contributed by atoms with Crippen LogP contribution in [-0.2, 0) is 4.79 Å². The molecule has 0 bridgehead atoms. The Hall–Kier alpha value is -3.58. The van der Waals surface area contributed by atoms with Crippen molar-refractivity contribution >= 4 is 40.6 Å². The number of hydrogen-bond acceptors (Lipinski definition) is 6. The third-order valence-electron chi connectivity index (χ3n) is 3.90. The maximum Gasteiger partial charge on any atom is 0.379 e. The van der Waals surface area contributed by atoms with Crippen LogP contribution in [0, 0.1) is 0 Å². The molecule has 138 valence electrons. The van der Waals surface area contributed by atoms with E-state index in [2.05, 4.69) is 0 Å². The van der Waals surface area contributed by atoms with Gasteiger partial charge in [-0.25, -0.2) is 9.69 Å². The monoisotopic (exact) mass is 391 g/mol. The van der Waals surface area contributed by atoms with Crippen LogP contribution in [0.25, 0.3) is 6.08 Å². The Morgan fingerprint density at radius 3 is 2.57 bits per heavy atom. The summed E-state index contributed by atoms with van der Waals surface area (Å²) in [4.78, 5) is 38.4. The number of carbonyl (C=O) groups is 3. The number of ether oxygens (including phenoxy) is 1. The average molecular weight is 391 g/mol. The summed E-state index contributed by atoms with van der Waals surface area (Å²) < 4.78 is 10.3. The van der Waals surface area contributed by atoms with Crippen LogP contribution in [0.15, 0.2) is 82.3 Å². The predicted molar refractivity (Wildman–Crippen MR) is 105 cm³/mol. The van der Waals surface area contributed by atoms with Crippen molar-refractivity contribution in [1.29, 1.82) is 0 Å². The quantitative estimate of drug-likeness (QED) is 0.363. The Labute approximate surface area is 164 Å². The second kappa shape index (κ2) is 7.58. The third kappa shape index (κ3) is 3.60. The van der Waals surface area contributed by atoms with Crippen molar-refractivity contribution in [2.45, 2.75) is 0 Å². The normalized spacial score (nSPS) is 15.3. The van der Waals surface area contributed by atoms with Crippen molar-refractivity contribution in [2.75, 3.05) is 4.90 Å². The standard InChI is InChI=1S/C21H13NO5S/c23-19-18(28-21(25)22(19)15-7-2-1-3-8-15)13-14-6-4-9-16(12-14)27-20(24)17-10-5-11-26-17/h1-13H. The number of furan rings is 1. The van der Waals surface area contributed by atoms with Crippen LogP contribution in [0.2, 0.25) is 0 Å². The molecule has 4 rings (SSSR count). The minimum atomic E-state index is -0.619. The van der Waals surface area contributed by atoms with Gasteiger partial charge in [0.25, 0.3) is 11.1 Å². The number of imide groups is 1. The van der Waals surface area contributed by atoms with E-state index in [0.29, 0.717) is 21.9 Å². The van der Waals surface area contributed by atoms with Gasteiger partial charge in [-0.05, 0) is 59.8 Å². The van der Waals surface area contributed by atoms with E-state index in [4.69, 9.17) is 9.15 Å². The Kier molecular flexibility index (Phi) is 4.82. The highest BCUT2D eigenvalue weighted by molar-refractivity contribution is 8.19. The van der Waals surface area contributed by atoms with Crippen LogP contribution < -0.4 is 9.64 Å². The Balaban J connectivity index is 1.55. The van der Waals surface area contributed by atoms with E-state index in [0.717, 1.165) is 16.7 Å². The van der Waals surface area contributed by atoms with Crippen LogP contribution in [0.1, 0.15) is 16.1 Å². The predicted octanol–water partition coefficient (Wildman–Crippen LogP) is 4.74. The Bertz CT molecular complexity index is 1070. The van der Waals surface area contributed by atoms with Gasteiger partial charge in [0.15, 0.2) is 0 Å². The molecule has 0 N–H and O–H groups in total. The lowest BCUT2D eigenvalue weighted by Crippen LogP contribution is -2.27. The summed E-state index contributed by atoms with van der Waals surface area (Å²) in [7, 11) is 0. The van der Waals surface area contributed by atoms with Crippen LogP contribution in [0.4, 0.5) is 10.5 Å². The van der Waals surface area contributed by atoms with Crippen molar-refractivity contribution in [1.82, 2.24) is 0 Å². The van der Waals surface area contributed by atoms with E-state index in [-0.39, 0.29) is 16.9 Å². The molecular weight excluding hydrogens is 378 g/mol. The first-order valence-electron chi connectivity index (χ1n) is 8.30. The lowest BCUT2D eigenvalue weighted by Gasteiger charge is -2.11. The molecule has 2 amide bonds. The molecule has 6 nitrogen and oxygen atoms in total. The zero-order valence-corrected chi connectivity index (χ0v) is 15.2. The molecule has 7 heteroatoms. The molecule has 1 aromatic heterocycles. The van der Waals surface area contributed by atoms with Crippen molar-refractivity contribution < 1.29 is 23.5 Å². The number of nitrogens with zero attached hydrogens (tertiary/aromatic N) is 1. The van der Waals surface area contributed by atoms with Gasteiger partial charge in [-0.2, -0.15) is 0 Å². The van der Waals surface area contributed by atoms with Crippen molar-refractivity contribution in [2.24, 2.45) is 0 Å². The summed E-state index contributed by atoms with van der Waals surface area (Å²) >= 11 is 0.865. The molecule has 1 saturated heterocycles. The number of anilines is 1. The Morgan fingerprint density at radius 1 is 1.00 bits per heavy atom. The van der Waals surface area contributed by atoms with E-state index in [1.54, 1.807) is 60.7 Å². The first-order valence-corrected chi connectivity index (χ1v) is 9.12. The zero-order chi connectivity index (χ0) is 19.5. The summed E-state index contributed by atoms with van der Waals surface area (Å²) in [5.41, 5.74) is 1.15. The number of carbonyl (C=O) groups excluding carboxylic acids is 3. The summed E-state index contributed by atoms with van der Waals surface area (Å²) in [5.74, 6) is -0.613. The molecule has 0 aliphatic carbocycles. The van der Waals surface area contributed by atoms with E-state index in [1.165, 1.54) is 12.3 Å². The fourth-order valence-corrected chi connectivity index (χ4v) is 3.48. The molecule has 0 saturated carbocycles. The van der Waals surface area contributed by atoms with Gasteiger partial charge in [0.2, 0.25) is 5.76 Å². The molecule has 1 aliphatic heterocycles. The zero-order valence-electron chi connectivity index (χ0n) is 14.4. The fraction of sp³-hybridized carbons (Fsp3) is 0. The lowest BCUT2D eigenvalue weighted by atomic mass is 10.2. The third-order valence-corrected chi connectivity index (χ3v) is 4.77. The number of esters is 1. The molecule has 1 fully saturated rings. The van der Waals surface area contributed by atoms with Gasteiger partial charge in [-0.15, -0.1) is 0 Å². The van der Waals surface area contributed by atoms with E-state index < -0.39 is 5.97 Å². The van der Waals surface area contributed by atoms with Gasteiger partial charge >= 0.3 is 5.97 Å². The molecule has 0 spiro atoms. The second-order valence-electron chi connectivity index (χ2n) is 5.79. The highest BCUT2D eigenvalue weighted by Gasteiger charge is 2.36. The number of hydrogen-bond donors (Lipinski definition) is 0. The van der Waals surface area contributed by atoms with Crippen LogP contribution in [0.3, 0.4) is 0 Å². The van der Waals surface area contributed by atoms with Gasteiger partial charge in [-0.3, -0.25) is 9.59 Å². The van der Waals surface area contributed by atoms with Gasteiger partial charge in [0.05, 0.1) is 16.9 Å². The van der Waals surface area contributed by atoms with Crippen molar-refractivity contribution in [3.8, 4) is 5.75 Å². The summed E-state index contributed by atoms with van der Waals surface area (Å²) in [6.07, 6.45) is 2.98. The SMILES string of the molecule is O=C(Oc1cccc(C=C2SC(=O)N(c3ccccc3)C2=O)c1)c1ccco1. The van der Waals surface area contributed by atoms with E-state index in [9.17, 15) is 14.4 Å². The van der Waals surface area contributed by atoms with E-state index >= 15 is 0 Å². The second-order valence-corrected chi connectivity index (χ2v) is 6.79. The molecule has 0 unspecified atom stereocenters. The molecular formula is C21H13NO5S. The number of benzene rings is 2. The number of thioether (sulfide) groups is 1. The summed E-state index contributed by atoms with van der Waals surface area (Å²) in [5, 5.41) is -0.358.